The van der Waals surface area contributed by atoms with Crippen molar-refractivity contribution >= 4 is 5.78 Å². The van der Waals surface area contributed by atoms with E-state index in [1.807, 2.05) is 6.08 Å². The predicted octanol–water partition coefficient (Wildman–Crippen LogP) is 1.78. The summed E-state index contributed by atoms with van der Waals surface area (Å²) in [4.78, 5) is 11.9. The Balaban J connectivity index is 1.95. The van der Waals surface area contributed by atoms with E-state index in [-0.39, 0.29) is 30.0 Å². The van der Waals surface area contributed by atoms with E-state index in [0.29, 0.717) is 11.8 Å². The Hall–Kier alpha value is -0.670. The molecule has 0 aromatic heterocycles. The molecule has 3 heteroatoms. The van der Waals surface area contributed by atoms with Gasteiger partial charge in [-0.25, -0.2) is 0 Å². The summed E-state index contributed by atoms with van der Waals surface area (Å²) in [6.07, 6.45) is 5.89. The molecule has 1 aliphatic heterocycles. The minimum absolute atomic E-state index is 0.146. The molecule has 0 spiro atoms. The van der Waals surface area contributed by atoms with Gasteiger partial charge in [-0.2, -0.15) is 0 Å². The molecule has 2 fully saturated rings. The van der Waals surface area contributed by atoms with E-state index in [1.54, 1.807) is 13.2 Å². The van der Waals surface area contributed by atoms with Crippen molar-refractivity contribution in [3.63, 3.8) is 0 Å². The monoisotopic (exact) mass is 222 g/mol. The molecule has 3 aliphatic rings. The minimum atomic E-state index is -0.146. The van der Waals surface area contributed by atoms with E-state index in [2.05, 4.69) is 6.92 Å². The van der Waals surface area contributed by atoms with Crippen molar-refractivity contribution in [3.05, 3.63) is 12.2 Å². The van der Waals surface area contributed by atoms with Gasteiger partial charge in [-0.3, -0.25) is 4.79 Å². The Morgan fingerprint density at radius 2 is 2.25 bits per heavy atom. The van der Waals surface area contributed by atoms with Crippen LogP contribution in [0.3, 0.4) is 0 Å². The Morgan fingerprint density at radius 3 is 3.00 bits per heavy atom. The van der Waals surface area contributed by atoms with Crippen LogP contribution in [0.25, 0.3) is 0 Å². The van der Waals surface area contributed by atoms with Gasteiger partial charge in [-0.15, -0.1) is 0 Å². The molecule has 0 amide bonds. The molecule has 0 N–H and O–H groups in total. The fraction of sp³-hybridized carbons (Fsp3) is 0.769. The first-order valence-electron chi connectivity index (χ1n) is 6.11. The molecule has 0 bridgehead atoms. The number of carbonyl (C=O) groups is 1. The third-order valence-corrected chi connectivity index (χ3v) is 4.33. The second kappa shape index (κ2) is 3.67. The fourth-order valence-electron chi connectivity index (χ4n) is 3.67. The van der Waals surface area contributed by atoms with Crippen LogP contribution in [0.5, 0.6) is 0 Å². The summed E-state index contributed by atoms with van der Waals surface area (Å²) in [5.74, 6) is 1.68. The maximum atomic E-state index is 11.9. The van der Waals surface area contributed by atoms with Crippen molar-refractivity contribution in [1.29, 1.82) is 0 Å². The zero-order valence-corrected chi connectivity index (χ0v) is 9.76. The molecule has 3 nitrogen and oxygen atoms in total. The summed E-state index contributed by atoms with van der Waals surface area (Å²) in [7, 11) is 1.69. The highest BCUT2D eigenvalue weighted by atomic mass is 16.7. The Bertz CT molecular complexity index is 334. The zero-order valence-electron chi connectivity index (χ0n) is 9.76. The van der Waals surface area contributed by atoms with Crippen LogP contribution in [-0.4, -0.2) is 25.3 Å². The normalized spacial score (nSPS) is 50.5. The van der Waals surface area contributed by atoms with Gasteiger partial charge in [-0.1, -0.05) is 13.0 Å². The fourth-order valence-corrected chi connectivity index (χ4v) is 3.67. The lowest BCUT2D eigenvalue weighted by molar-refractivity contribution is -0.133. The molecule has 1 saturated heterocycles. The number of methoxy groups -OCH3 is 1. The standard InChI is InChI=1S/C13H18O3/c1-7-5-9-10(14)4-3-8-12(9)11(6-7)16-13(8)15-2/h3-4,7-9,11-13H,5-6H2,1-2H3/t7-,8+,9-,11-,12-,13?/m0/s1. The zero-order chi connectivity index (χ0) is 11.3. The van der Waals surface area contributed by atoms with Crippen LogP contribution in [-0.2, 0) is 14.3 Å². The molecule has 2 aliphatic carbocycles. The summed E-state index contributed by atoms with van der Waals surface area (Å²) < 4.78 is 11.3. The molecular weight excluding hydrogens is 204 g/mol. The molecule has 0 aromatic rings. The number of hydrogen-bond acceptors (Lipinski definition) is 3. The maximum Gasteiger partial charge on any atom is 0.164 e. The van der Waals surface area contributed by atoms with E-state index >= 15 is 0 Å². The molecule has 88 valence electrons. The molecule has 16 heavy (non-hydrogen) atoms. The molecule has 3 rings (SSSR count). The van der Waals surface area contributed by atoms with Crippen LogP contribution in [0.2, 0.25) is 0 Å². The van der Waals surface area contributed by atoms with E-state index < -0.39 is 0 Å². The summed E-state index contributed by atoms with van der Waals surface area (Å²) in [6.45, 7) is 2.21. The highest BCUT2D eigenvalue weighted by Crippen LogP contribution is 2.49. The third kappa shape index (κ3) is 1.38. The number of rotatable bonds is 1. The molecule has 1 unspecified atom stereocenters. The number of carbonyl (C=O) groups excluding carboxylic acids is 1. The van der Waals surface area contributed by atoms with Crippen molar-refractivity contribution in [3.8, 4) is 0 Å². The SMILES string of the molecule is COC1O[C@H]2C[C@@H](C)C[C@H]3C(=O)C=C[C@@H]1[C@H]23. The Labute approximate surface area is 95.8 Å². The smallest absolute Gasteiger partial charge is 0.164 e. The second-order valence-electron chi connectivity index (χ2n) is 5.38. The van der Waals surface area contributed by atoms with Crippen LogP contribution in [0.4, 0.5) is 0 Å². The first kappa shape index (κ1) is 10.5. The van der Waals surface area contributed by atoms with E-state index in [4.69, 9.17) is 9.47 Å². The van der Waals surface area contributed by atoms with E-state index in [0.717, 1.165) is 12.8 Å². The highest BCUT2D eigenvalue weighted by molar-refractivity contribution is 5.93. The highest BCUT2D eigenvalue weighted by Gasteiger charge is 2.53. The van der Waals surface area contributed by atoms with Crippen LogP contribution < -0.4 is 0 Å². The van der Waals surface area contributed by atoms with Crippen molar-refractivity contribution < 1.29 is 14.3 Å². The van der Waals surface area contributed by atoms with Gasteiger partial charge in [0.25, 0.3) is 0 Å². The van der Waals surface area contributed by atoms with E-state index in [9.17, 15) is 4.79 Å². The van der Waals surface area contributed by atoms with Gasteiger partial charge in [0.2, 0.25) is 0 Å². The molecule has 1 heterocycles. The average Bonchev–Trinajstić information content (AvgIpc) is 2.62. The van der Waals surface area contributed by atoms with Crippen LogP contribution in [0.1, 0.15) is 19.8 Å². The van der Waals surface area contributed by atoms with Crippen molar-refractivity contribution in [1.82, 2.24) is 0 Å². The molecule has 1 saturated carbocycles. The molecule has 0 aromatic carbocycles. The van der Waals surface area contributed by atoms with Gasteiger partial charge in [0, 0.05) is 24.9 Å². The quantitative estimate of drug-likeness (QED) is 0.678. The van der Waals surface area contributed by atoms with Crippen molar-refractivity contribution in [2.24, 2.45) is 23.7 Å². The van der Waals surface area contributed by atoms with Gasteiger partial charge in [-0.05, 0) is 24.8 Å². The summed E-state index contributed by atoms with van der Waals surface area (Å²) in [5.41, 5.74) is 0. The van der Waals surface area contributed by atoms with Crippen molar-refractivity contribution in [2.45, 2.75) is 32.2 Å². The summed E-state index contributed by atoms with van der Waals surface area (Å²) in [6, 6.07) is 0. The average molecular weight is 222 g/mol. The van der Waals surface area contributed by atoms with Gasteiger partial charge < -0.3 is 9.47 Å². The molecular formula is C13H18O3. The van der Waals surface area contributed by atoms with Gasteiger partial charge in [0.15, 0.2) is 12.1 Å². The van der Waals surface area contributed by atoms with Gasteiger partial charge >= 0.3 is 0 Å². The lowest BCUT2D eigenvalue weighted by Crippen LogP contribution is -2.41. The van der Waals surface area contributed by atoms with E-state index in [1.165, 1.54) is 0 Å². The number of ketones is 1. The predicted molar refractivity (Wildman–Crippen MR) is 58.7 cm³/mol. The molecule has 0 radical (unpaired) electrons. The maximum absolute atomic E-state index is 11.9. The summed E-state index contributed by atoms with van der Waals surface area (Å²) >= 11 is 0. The van der Waals surface area contributed by atoms with Crippen LogP contribution in [0, 0.1) is 23.7 Å². The van der Waals surface area contributed by atoms with Crippen molar-refractivity contribution in [2.75, 3.05) is 7.11 Å². The van der Waals surface area contributed by atoms with Crippen LogP contribution in [0.15, 0.2) is 12.2 Å². The topological polar surface area (TPSA) is 35.5 Å². The molecule has 6 atom stereocenters. The first-order chi connectivity index (χ1) is 7.70. The lowest BCUT2D eigenvalue weighted by atomic mass is 9.65. The number of hydrogen-bond donors (Lipinski definition) is 0. The van der Waals surface area contributed by atoms with Crippen LogP contribution >= 0.6 is 0 Å². The Kier molecular flexibility index (Phi) is 2.41. The summed E-state index contributed by atoms with van der Waals surface area (Å²) in [5, 5.41) is 0. The minimum Gasteiger partial charge on any atom is -0.355 e. The third-order valence-electron chi connectivity index (χ3n) is 4.33. The van der Waals surface area contributed by atoms with Gasteiger partial charge in [0.05, 0.1) is 6.10 Å². The number of ether oxygens (including phenoxy) is 2. The lowest BCUT2D eigenvalue weighted by Gasteiger charge is -2.38. The Morgan fingerprint density at radius 1 is 1.44 bits per heavy atom. The second-order valence-corrected chi connectivity index (χ2v) is 5.38. The largest absolute Gasteiger partial charge is 0.355 e. The number of allylic oxidation sites excluding steroid dienone is 1. The first-order valence-corrected chi connectivity index (χ1v) is 6.11. The van der Waals surface area contributed by atoms with Gasteiger partial charge in [0.1, 0.15) is 0 Å².